The van der Waals surface area contributed by atoms with Crippen LogP contribution in [0.5, 0.6) is 0 Å². The van der Waals surface area contributed by atoms with Gasteiger partial charge in [0.25, 0.3) is 0 Å². The van der Waals surface area contributed by atoms with Crippen LogP contribution in [0.2, 0.25) is 0 Å². The van der Waals surface area contributed by atoms with Crippen molar-refractivity contribution in [1.82, 2.24) is 8.01 Å². The highest BCUT2D eigenvalue weighted by molar-refractivity contribution is 14.1. The molecule has 2 heterocycles. The minimum Gasteiger partial charge on any atom is -0.337 e. The molecule has 0 aromatic rings. The highest BCUT2D eigenvalue weighted by Crippen LogP contribution is 2.39. The van der Waals surface area contributed by atoms with Crippen molar-refractivity contribution in [1.29, 1.82) is 0 Å². The van der Waals surface area contributed by atoms with Crippen molar-refractivity contribution < 1.29 is 4.79 Å². The molecule has 0 unspecified atom stereocenters. The van der Waals surface area contributed by atoms with E-state index in [4.69, 9.17) is 0 Å². The molecule has 0 bridgehead atoms. The second kappa shape index (κ2) is 3.96. The maximum atomic E-state index is 11.7. The van der Waals surface area contributed by atoms with Gasteiger partial charge < -0.3 is 4.90 Å². The first kappa shape index (κ1) is 10.7. The van der Waals surface area contributed by atoms with Crippen LogP contribution >= 0.6 is 22.9 Å². The molecular formula is C10H17IN2O. The Balaban J connectivity index is 2.11. The summed E-state index contributed by atoms with van der Waals surface area (Å²) in [6.45, 7) is 5.25. The van der Waals surface area contributed by atoms with Gasteiger partial charge in [0.05, 0.1) is 0 Å². The summed E-state index contributed by atoms with van der Waals surface area (Å²) < 4.78 is 2.33. The van der Waals surface area contributed by atoms with Gasteiger partial charge in [-0.2, -0.15) is 0 Å². The normalized spacial score (nSPS) is 27.6. The molecule has 0 radical (unpaired) electrons. The lowest BCUT2D eigenvalue weighted by Crippen LogP contribution is -2.51. The number of likely N-dealkylation sites (tertiary alicyclic amines) is 1. The first-order valence-electron chi connectivity index (χ1n) is 5.39. The van der Waals surface area contributed by atoms with E-state index in [0.717, 1.165) is 45.3 Å². The highest BCUT2D eigenvalue weighted by Gasteiger charge is 2.45. The zero-order valence-electron chi connectivity index (χ0n) is 8.63. The Morgan fingerprint density at radius 2 is 2.00 bits per heavy atom. The van der Waals surface area contributed by atoms with Crippen molar-refractivity contribution in [2.75, 3.05) is 19.6 Å². The predicted octanol–water partition coefficient (Wildman–Crippen LogP) is 1.81. The molecule has 2 saturated heterocycles. The summed E-state index contributed by atoms with van der Waals surface area (Å²) >= 11 is 2.38. The van der Waals surface area contributed by atoms with Gasteiger partial charge in [-0.25, -0.2) is 3.11 Å². The van der Waals surface area contributed by atoms with Gasteiger partial charge in [0.15, 0.2) is 0 Å². The van der Waals surface area contributed by atoms with Gasteiger partial charge in [-0.1, -0.05) is 0 Å². The first-order valence-corrected chi connectivity index (χ1v) is 6.36. The van der Waals surface area contributed by atoms with Gasteiger partial charge in [-0.3, -0.25) is 4.79 Å². The lowest BCUT2D eigenvalue weighted by molar-refractivity contribution is -0.131. The summed E-state index contributed by atoms with van der Waals surface area (Å²) in [6.07, 6.45) is 4.18. The average Bonchev–Trinajstić information content (AvgIpc) is 2.49. The Bertz CT molecular complexity index is 236. The van der Waals surface area contributed by atoms with Crippen molar-refractivity contribution in [2.24, 2.45) is 0 Å². The minimum absolute atomic E-state index is 0.230. The van der Waals surface area contributed by atoms with E-state index < -0.39 is 0 Å². The van der Waals surface area contributed by atoms with Crippen LogP contribution in [-0.4, -0.2) is 39.1 Å². The third-order valence-corrected chi connectivity index (χ3v) is 4.60. The van der Waals surface area contributed by atoms with Crippen molar-refractivity contribution >= 4 is 28.8 Å². The van der Waals surface area contributed by atoms with Crippen LogP contribution < -0.4 is 0 Å². The molecular weight excluding hydrogens is 291 g/mol. The molecule has 80 valence electrons. The van der Waals surface area contributed by atoms with Crippen molar-refractivity contribution in [3.63, 3.8) is 0 Å². The molecule has 1 spiro atoms. The van der Waals surface area contributed by atoms with Gasteiger partial charge in [0.1, 0.15) is 0 Å². The molecule has 4 heteroatoms. The van der Waals surface area contributed by atoms with E-state index >= 15 is 0 Å². The average molecular weight is 308 g/mol. The third kappa shape index (κ3) is 1.66. The highest BCUT2D eigenvalue weighted by atomic mass is 127. The molecule has 3 nitrogen and oxygen atoms in total. The van der Waals surface area contributed by atoms with Crippen LogP contribution in [0.1, 0.15) is 32.6 Å². The summed E-state index contributed by atoms with van der Waals surface area (Å²) in [7, 11) is 0. The molecule has 2 rings (SSSR count). The second-order valence-corrected chi connectivity index (χ2v) is 5.64. The number of rotatable bonds is 1. The van der Waals surface area contributed by atoms with Crippen molar-refractivity contribution in [2.45, 2.75) is 38.1 Å². The smallest absolute Gasteiger partial charge is 0.223 e. The summed E-state index contributed by atoms with van der Waals surface area (Å²) in [6, 6.07) is 0. The molecule has 1 amide bonds. The number of carbonyl (C=O) groups is 1. The van der Waals surface area contributed by atoms with E-state index in [1.54, 1.807) is 0 Å². The largest absolute Gasteiger partial charge is 0.337 e. The Morgan fingerprint density at radius 3 is 2.57 bits per heavy atom. The van der Waals surface area contributed by atoms with E-state index in [2.05, 4.69) is 37.8 Å². The molecule has 2 aliphatic heterocycles. The molecule has 0 aromatic heterocycles. The molecule has 0 aliphatic carbocycles. The summed E-state index contributed by atoms with van der Waals surface area (Å²) in [5.74, 6) is 0.370. The number of carbonyl (C=O) groups excluding carboxylic acids is 1. The van der Waals surface area contributed by atoms with Crippen LogP contribution in [0.3, 0.4) is 0 Å². The van der Waals surface area contributed by atoms with Crippen molar-refractivity contribution in [3.05, 3.63) is 0 Å². The maximum Gasteiger partial charge on any atom is 0.223 e. The standard InChI is InChI=1S/C10H17IN2O/c1-2-13-9(14)3-4-10(13)5-7-12(11)8-6-10/h2-8H2,1H3. The lowest BCUT2D eigenvalue weighted by Gasteiger charge is -2.43. The number of hydrogen-bond donors (Lipinski definition) is 0. The van der Waals surface area contributed by atoms with Crippen LogP contribution in [0.25, 0.3) is 0 Å². The zero-order chi connectivity index (χ0) is 10.2. The summed E-state index contributed by atoms with van der Waals surface area (Å²) in [5, 5.41) is 0. The topological polar surface area (TPSA) is 23.6 Å². The Kier molecular flexibility index (Phi) is 3.02. The van der Waals surface area contributed by atoms with Gasteiger partial charge in [-0.15, -0.1) is 0 Å². The van der Waals surface area contributed by atoms with Crippen molar-refractivity contribution in [3.8, 4) is 0 Å². The molecule has 0 atom stereocenters. The fourth-order valence-electron chi connectivity index (χ4n) is 2.80. The number of hydrogen-bond acceptors (Lipinski definition) is 2. The van der Waals surface area contributed by atoms with E-state index in [-0.39, 0.29) is 5.54 Å². The zero-order valence-corrected chi connectivity index (χ0v) is 10.8. The summed E-state index contributed by atoms with van der Waals surface area (Å²) in [4.78, 5) is 13.8. The quantitative estimate of drug-likeness (QED) is 0.545. The van der Waals surface area contributed by atoms with E-state index in [1.807, 2.05) is 0 Å². The fourth-order valence-corrected chi connectivity index (χ4v) is 3.28. The van der Waals surface area contributed by atoms with Crippen LogP contribution in [0, 0.1) is 0 Å². The Labute approximate surface area is 99.3 Å². The van der Waals surface area contributed by atoms with E-state index in [0.29, 0.717) is 5.91 Å². The van der Waals surface area contributed by atoms with Gasteiger partial charge in [0.2, 0.25) is 5.91 Å². The maximum absolute atomic E-state index is 11.7. The molecule has 2 fully saturated rings. The fraction of sp³-hybridized carbons (Fsp3) is 0.900. The van der Waals surface area contributed by atoms with Crippen LogP contribution in [-0.2, 0) is 4.79 Å². The Hall–Kier alpha value is 0.160. The SMILES string of the molecule is CCN1C(=O)CCC12CCN(I)CC2. The van der Waals surface area contributed by atoms with Gasteiger partial charge in [0, 0.05) is 54.5 Å². The number of halogens is 1. The molecule has 0 N–H and O–H groups in total. The molecule has 14 heavy (non-hydrogen) atoms. The van der Waals surface area contributed by atoms with E-state index in [1.165, 1.54) is 0 Å². The first-order chi connectivity index (χ1) is 6.68. The third-order valence-electron chi connectivity index (χ3n) is 3.63. The molecule has 2 aliphatic rings. The molecule has 0 aromatic carbocycles. The van der Waals surface area contributed by atoms with Gasteiger partial charge in [-0.05, 0) is 26.2 Å². The second-order valence-electron chi connectivity index (χ2n) is 4.27. The number of piperidine rings is 1. The number of amides is 1. The van der Waals surface area contributed by atoms with Crippen LogP contribution in [0.15, 0.2) is 0 Å². The Morgan fingerprint density at radius 1 is 1.36 bits per heavy atom. The minimum atomic E-state index is 0.230. The van der Waals surface area contributed by atoms with E-state index in [9.17, 15) is 4.79 Å². The lowest BCUT2D eigenvalue weighted by atomic mass is 9.86. The summed E-state index contributed by atoms with van der Waals surface area (Å²) in [5.41, 5.74) is 0.230. The van der Waals surface area contributed by atoms with Gasteiger partial charge >= 0.3 is 0 Å². The predicted molar refractivity (Wildman–Crippen MR) is 64.2 cm³/mol. The van der Waals surface area contributed by atoms with Crippen LogP contribution in [0.4, 0.5) is 0 Å². The number of nitrogens with zero attached hydrogens (tertiary/aromatic N) is 2. The monoisotopic (exact) mass is 308 g/mol. The molecule has 0 saturated carbocycles.